The molecular formula is C21H23Cl3N2O2. The van der Waals surface area contributed by atoms with Crippen molar-refractivity contribution in [2.45, 2.75) is 45.8 Å². The fourth-order valence-corrected chi connectivity index (χ4v) is 3.36. The van der Waals surface area contributed by atoms with Gasteiger partial charge in [0.1, 0.15) is 6.04 Å². The molecule has 0 bridgehead atoms. The Kier molecular flexibility index (Phi) is 8.17. The number of halogens is 3. The Hall–Kier alpha value is -1.75. The van der Waals surface area contributed by atoms with Crippen molar-refractivity contribution in [2.24, 2.45) is 0 Å². The number of carbonyl (C=O) groups is 2. The Balaban J connectivity index is 2.30. The van der Waals surface area contributed by atoms with Crippen molar-refractivity contribution in [1.82, 2.24) is 10.2 Å². The van der Waals surface area contributed by atoms with Crippen molar-refractivity contribution in [3.8, 4) is 0 Å². The van der Waals surface area contributed by atoms with Gasteiger partial charge in [-0.3, -0.25) is 9.59 Å². The van der Waals surface area contributed by atoms with Crippen LogP contribution < -0.4 is 5.32 Å². The molecule has 1 N–H and O–H groups in total. The highest BCUT2D eigenvalue weighted by Gasteiger charge is 2.27. The standard InChI is InChI=1S/C21H23Cl3N2O2/c1-13(2)25-21(28)14(3)26(12-17-18(23)5-4-6-19(17)24)20(27)11-15-7-9-16(22)10-8-15/h4-10,13-14H,11-12H2,1-3H3,(H,25,28)/t14-/m0/s1. The van der Waals surface area contributed by atoms with Crippen LogP contribution in [0.15, 0.2) is 42.5 Å². The van der Waals surface area contributed by atoms with Gasteiger partial charge in [0.15, 0.2) is 0 Å². The van der Waals surface area contributed by atoms with Crippen LogP contribution in [0.25, 0.3) is 0 Å². The van der Waals surface area contributed by atoms with Crippen LogP contribution in [0.1, 0.15) is 31.9 Å². The lowest BCUT2D eigenvalue weighted by Crippen LogP contribution is -2.49. The quantitative estimate of drug-likeness (QED) is 0.647. The third kappa shape index (κ3) is 6.13. The zero-order valence-electron chi connectivity index (χ0n) is 16.0. The summed E-state index contributed by atoms with van der Waals surface area (Å²) in [6.45, 7) is 5.57. The molecule has 150 valence electrons. The molecule has 2 rings (SSSR count). The molecule has 0 aromatic heterocycles. The summed E-state index contributed by atoms with van der Waals surface area (Å²) < 4.78 is 0. The predicted octanol–water partition coefficient (Wildman–Crippen LogP) is 5.13. The maximum atomic E-state index is 13.1. The summed E-state index contributed by atoms with van der Waals surface area (Å²) in [5, 5.41) is 4.35. The smallest absolute Gasteiger partial charge is 0.242 e. The van der Waals surface area contributed by atoms with Gasteiger partial charge in [0.05, 0.1) is 6.42 Å². The van der Waals surface area contributed by atoms with Gasteiger partial charge >= 0.3 is 0 Å². The Bertz CT molecular complexity index is 818. The summed E-state index contributed by atoms with van der Waals surface area (Å²) in [7, 11) is 0. The average Bonchev–Trinajstić information content (AvgIpc) is 2.62. The molecule has 7 heteroatoms. The van der Waals surface area contributed by atoms with Crippen LogP contribution in [0.4, 0.5) is 0 Å². The number of rotatable bonds is 7. The monoisotopic (exact) mass is 440 g/mol. The van der Waals surface area contributed by atoms with Crippen molar-refractivity contribution in [2.75, 3.05) is 0 Å². The topological polar surface area (TPSA) is 49.4 Å². The SMILES string of the molecule is CC(C)NC(=O)[C@H](C)N(Cc1c(Cl)cccc1Cl)C(=O)Cc1ccc(Cl)cc1. The Morgan fingerprint density at radius 1 is 0.964 bits per heavy atom. The minimum absolute atomic E-state index is 0.0351. The Morgan fingerprint density at radius 2 is 1.54 bits per heavy atom. The predicted molar refractivity (Wildman–Crippen MR) is 115 cm³/mol. The normalized spacial score (nSPS) is 12.0. The van der Waals surface area contributed by atoms with E-state index in [0.717, 1.165) is 5.56 Å². The first-order chi connectivity index (χ1) is 13.2. The lowest BCUT2D eigenvalue weighted by atomic mass is 10.1. The molecule has 0 spiro atoms. The van der Waals surface area contributed by atoms with E-state index >= 15 is 0 Å². The zero-order chi connectivity index (χ0) is 20.8. The molecule has 0 heterocycles. The Labute approximate surface area is 180 Å². The van der Waals surface area contributed by atoms with E-state index in [9.17, 15) is 9.59 Å². The molecule has 0 radical (unpaired) electrons. The van der Waals surface area contributed by atoms with Gasteiger partial charge in [-0.15, -0.1) is 0 Å². The molecule has 0 aliphatic heterocycles. The number of amides is 2. The third-order valence-corrected chi connectivity index (χ3v) is 5.22. The van der Waals surface area contributed by atoms with E-state index in [1.54, 1.807) is 49.4 Å². The summed E-state index contributed by atoms with van der Waals surface area (Å²) in [6, 6.07) is 11.5. The number of carbonyl (C=O) groups excluding carboxylic acids is 2. The van der Waals surface area contributed by atoms with E-state index in [4.69, 9.17) is 34.8 Å². The molecule has 0 aliphatic carbocycles. The second-order valence-electron chi connectivity index (χ2n) is 6.86. The molecule has 2 aromatic carbocycles. The van der Waals surface area contributed by atoms with Crippen molar-refractivity contribution in [3.05, 3.63) is 68.7 Å². The van der Waals surface area contributed by atoms with Crippen LogP contribution in [0.3, 0.4) is 0 Å². The summed E-state index contributed by atoms with van der Waals surface area (Å²) in [5.74, 6) is -0.438. The molecule has 2 aromatic rings. The summed E-state index contributed by atoms with van der Waals surface area (Å²) >= 11 is 18.5. The first-order valence-electron chi connectivity index (χ1n) is 8.96. The maximum Gasteiger partial charge on any atom is 0.242 e. The second kappa shape index (κ2) is 10.1. The first-order valence-corrected chi connectivity index (χ1v) is 10.1. The first kappa shape index (κ1) is 22.5. The van der Waals surface area contributed by atoms with Crippen LogP contribution in [-0.2, 0) is 22.6 Å². The largest absolute Gasteiger partial charge is 0.352 e. The number of hydrogen-bond donors (Lipinski definition) is 1. The van der Waals surface area contributed by atoms with Gasteiger partial charge in [-0.2, -0.15) is 0 Å². The van der Waals surface area contributed by atoms with E-state index in [0.29, 0.717) is 20.6 Å². The van der Waals surface area contributed by atoms with Crippen LogP contribution in [0.2, 0.25) is 15.1 Å². The number of nitrogens with one attached hydrogen (secondary N) is 1. The van der Waals surface area contributed by atoms with Crippen LogP contribution >= 0.6 is 34.8 Å². The Morgan fingerprint density at radius 3 is 2.07 bits per heavy atom. The van der Waals surface area contributed by atoms with Gasteiger partial charge in [0.25, 0.3) is 0 Å². The molecule has 1 atom stereocenters. The average molecular weight is 442 g/mol. The molecular weight excluding hydrogens is 419 g/mol. The van der Waals surface area contributed by atoms with Gasteiger partial charge in [-0.05, 0) is 50.6 Å². The summed E-state index contributed by atoms with van der Waals surface area (Å²) in [6.07, 6.45) is 0.137. The van der Waals surface area contributed by atoms with E-state index in [1.807, 2.05) is 13.8 Å². The number of benzene rings is 2. The maximum absolute atomic E-state index is 13.1. The van der Waals surface area contributed by atoms with Crippen molar-refractivity contribution in [1.29, 1.82) is 0 Å². The highest BCUT2D eigenvalue weighted by atomic mass is 35.5. The highest BCUT2D eigenvalue weighted by molar-refractivity contribution is 6.36. The van der Waals surface area contributed by atoms with Crippen LogP contribution in [-0.4, -0.2) is 28.8 Å². The van der Waals surface area contributed by atoms with Crippen molar-refractivity contribution >= 4 is 46.6 Å². The number of nitrogens with zero attached hydrogens (tertiary/aromatic N) is 1. The molecule has 0 fully saturated rings. The van der Waals surface area contributed by atoms with Gasteiger partial charge in [-0.25, -0.2) is 0 Å². The van der Waals surface area contributed by atoms with Gasteiger partial charge in [0.2, 0.25) is 11.8 Å². The lowest BCUT2D eigenvalue weighted by molar-refractivity contribution is -0.140. The second-order valence-corrected chi connectivity index (χ2v) is 8.12. The molecule has 0 unspecified atom stereocenters. The van der Waals surface area contributed by atoms with Crippen LogP contribution in [0, 0.1) is 0 Å². The number of hydrogen-bond acceptors (Lipinski definition) is 2. The molecule has 0 saturated heterocycles. The fourth-order valence-electron chi connectivity index (χ4n) is 2.72. The highest BCUT2D eigenvalue weighted by Crippen LogP contribution is 2.27. The van der Waals surface area contributed by atoms with Crippen LogP contribution in [0.5, 0.6) is 0 Å². The summed E-state index contributed by atoms with van der Waals surface area (Å²) in [5.41, 5.74) is 1.42. The fraction of sp³-hybridized carbons (Fsp3) is 0.333. The zero-order valence-corrected chi connectivity index (χ0v) is 18.3. The third-order valence-electron chi connectivity index (χ3n) is 4.26. The minimum Gasteiger partial charge on any atom is -0.352 e. The van der Waals surface area contributed by atoms with Gasteiger partial charge in [0, 0.05) is 33.2 Å². The molecule has 0 saturated carbocycles. The minimum atomic E-state index is -0.686. The van der Waals surface area contributed by atoms with Gasteiger partial charge < -0.3 is 10.2 Å². The van der Waals surface area contributed by atoms with Crippen molar-refractivity contribution < 1.29 is 9.59 Å². The van der Waals surface area contributed by atoms with E-state index in [2.05, 4.69) is 5.32 Å². The summed E-state index contributed by atoms with van der Waals surface area (Å²) in [4.78, 5) is 27.2. The van der Waals surface area contributed by atoms with Gasteiger partial charge in [-0.1, -0.05) is 53.0 Å². The van der Waals surface area contributed by atoms with E-state index in [-0.39, 0.29) is 30.8 Å². The molecule has 0 aliphatic rings. The molecule has 4 nitrogen and oxygen atoms in total. The molecule has 2 amide bonds. The lowest BCUT2D eigenvalue weighted by Gasteiger charge is -2.30. The van der Waals surface area contributed by atoms with Crippen molar-refractivity contribution in [3.63, 3.8) is 0 Å². The van der Waals surface area contributed by atoms with E-state index < -0.39 is 6.04 Å². The molecule has 28 heavy (non-hydrogen) atoms. The van der Waals surface area contributed by atoms with E-state index in [1.165, 1.54) is 4.90 Å².